The van der Waals surface area contributed by atoms with E-state index < -0.39 is 24.7 Å². The number of amides is 1. The van der Waals surface area contributed by atoms with Crippen LogP contribution < -0.4 is 9.47 Å². The molecule has 7 heteroatoms. The minimum atomic E-state index is -4.40. The molecule has 1 unspecified atom stereocenters. The number of rotatable bonds is 4. The van der Waals surface area contributed by atoms with Crippen LogP contribution in [0.5, 0.6) is 11.5 Å². The third kappa shape index (κ3) is 4.05. The van der Waals surface area contributed by atoms with Gasteiger partial charge in [-0.05, 0) is 31.4 Å². The van der Waals surface area contributed by atoms with Crippen LogP contribution in [-0.2, 0) is 4.79 Å². The summed E-state index contributed by atoms with van der Waals surface area (Å²) in [5.41, 5.74) is 0. The van der Waals surface area contributed by atoms with Crippen molar-refractivity contribution in [1.82, 2.24) is 4.90 Å². The van der Waals surface area contributed by atoms with Crippen molar-refractivity contribution in [2.75, 3.05) is 20.3 Å². The quantitative estimate of drug-likeness (QED) is 0.857. The van der Waals surface area contributed by atoms with E-state index in [0.29, 0.717) is 24.3 Å². The summed E-state index contributed by atoms with van der Waals surface area (Å²) in [6.07, 6.45) is -3.39. The Hall–Kier alpha value is -1.92. The fourth-order valence-corrected chi connectivity index (χ4v) is 2.49. The van der Waals surface area contributed by atoms with Gasteiger partial charge in [-0.15, -0.1) is 0 Å². The fourth-order valence-electron chi connectivity index (χ4n) is 2.49. The van der Waals surface area contributed by atoms with Crippen LogP contribution in [0, 0.1) is 0 Å². The Bertz CT molecular complexity index is 519. The molecule has 4 nitrogen and oxygen atoms in total. The monoisotopic (exact) mass is 317 g/mol. The van der Waals surface area contributed by atoms with Crippen molar-refractivity contribution in [2.24, 2.45) is 0 Å². The number of hydrogen-bond donors (Lipinski definition) is 0. The van der Waals surface area contributed by atoms with Gasteiger partial charge >= 0.3 is 6.18 Å². The van der Waals surface area contributed by atoms with Gasteiger partial charge in [0.25, 0.3) is 5.91 Å². The topological polar surface area (TPSA) is 38.8 Å². The average molecular weight is 317 g/mol. The number of ether oxygens (including phenoxy) is 2. The molecule has 0 bridgehead atoms. The lowest BCUT2D eigenvalue weighted by molar-refractivity contribution is -0.196. The molecule has 22 heavy (non-hydrogen) atoms. The third-order valence-corrected chi connectivity index (χ3v) is 3.60. The Morgan fingerprint density at radius 2 is 2.05 bits per heavy atom. The summed E-state index contributed by atoms with van der Waals surface area (Å²) in [7, 11) is 1.49. The minimum Gasteiger partial charge on any atom is -0.497 e. The van der Waals surface area contributed by atoms with Crippen LogP contribution in [0.2, 0.25) is 0 Å². The van der Waals surface area contributed by atoms with E-state index >= 15 is 0 Å². The van der Waals surface area contributed by atoms with E-state index in [-0.39, 0.29) is 13.0 Å². The largest absolute Gasteiger partial charge is 0.497 e. The molecule has 1 fully saturated rings. The summed E-state index contributed by atoms with van der Waals surface area (Å²) in [6, 6.07) is 4.87. The van der Waals surface area contributed by atoms with Crippen molar-refractivity contribution >= 4 is 5.91 Å². The zero-order chi connectivity index (χ0) is 16.2. The van der Waals surface area contributed by atoms with Gasteiger partial charge < -0.3 is 14.4 Å². The van der Waals surface area contributed by atoms with Crippen LogP contribution in [0.1, 0.15) is 19.3 Å². The lowest BCUT2D eigenvalue weighted by Gasteiger charge is -2.36. The number of alkyl halides is 3. The molecule has 0 radical (unpaired) electrons. The SMILES string of the molecule is COc1cccc(OCC(=O)N2CCCCC2C(F)(F)F)c1. The molecule has 0 N–H and O–H groups in total. The average Bonchev–Trinajstić information content (AvgIpc) is 2.52. The molecule has 0 saturated carbocycles. The molecule has 0 aromatic heterocycles. The van der Waals surface area contributed by atoms with E-state index in [9.17, 15) is 18.0 Å². The molecule has 1 saturated heterocycles. The summed E-state index contributed by atoms with van der Waals surface area (Å²) in [4.78, 5) is 12.9. The smallest absolute Gasteiger partial charge is 0.408 e. The first-order valence-electron chi connectivity index (χ1n) is 7.05. The molecule has 1 aromatic rings. The second-order valence-electron chi connectivity index (χ2n) is 5.11. The maximum absolute atomic E-state index is 13.0. The number of carbonyl (C=O) groups excluding carboxylic acids is 1. The summed E-state index contributed by atoms with van der Waals surface area (Å²) in [6.45, 7) is -0.301. The van der Waals surface area contributed by atoms with E-state index in [1.54, 1.807) is 24.3 Å². The molecular formula is C15H18F3NO3. The standard InChI is InChI=1S/C15H18F3NO3/c1-21-11-5-4-6-12(9-11)22-10-14(20)19-8-3-2-7-13(19)15(16,17)18/h4-6,9,13H,2-3,7-8,10H2,1H3. The van der Waals surface area contributed by atoms with Crippen molar-refractivity contribution in [3.63, 3.8) is 0 Å². The lowest BCUT2D eigenvalue weighted by Crippen LogP contribution is -2.52. The van der Waals surface area contributed by atoms with E-state index in [0.717, 1.165) is 4.90 Å². The van der Waals surface area contributed by atoms with Crippen LogP contribution in [-0.4, -0.2) is 43.3 Å². The Morgan fingerprint density at radius 3 is 2.73 bits per heavy atom. The van der Waals surface area contributed by atoms with Gasteiger partial charge in [0.15, 0.2) is 6.61 Å². The number of halogens is 3. The first-order valence-corrected chi connectivity index (χ1v) is 7.05. The summed E-state index contributed by atoms with van der Waals surface area (Å²) >= 11 is 0. The van der Waals surface area contributed by atoms with Crippen LogP contribution in [0.25, 0.3) is 0 Å². The number of hydrogen-bond acceptors (Lipinski definition) is 3. The van der Waals surface area contributed by atoms with Crippen molar-refractivity contribution in [2.45, 2.75) is 31.5 Å². The Balaban J connectivity index is 1.98. The highest BCUT2D eigenvalue weighted by molar-refractivity contribution is 5.78. The normalized spacial score (nSPS) is 18.9. The summed E-state index contributed by atoms with van der Waals surface area (Å²) in [5, 5.41) is 0. The second kappa shape index (κ2) is 6.89. The van der Waals surface area contributed by atoms with Crippen molar-refractivity contribution in [3.05, 3.63) is 24.3 Å². The number of carbonyl (C=O) groups is 1. The molecule has 1 aliphatic heterocycles. The Labute approximate surface area is 126 Å². The molecule has 122 valence electrons. The maximum Gasteiger partial charge on any atom is 0.408 e. The van der Waals surface area contributed by atoms with E-state index in [2.05, 4.69) is 0 Å². The molecular weight excluding hydrogens is 299 g/mol. The van der Waals surface area contributed by atoms with Crippen molar-refractivity contribution in [1.29, 1.82) is 0 Å². The van der Waals surface area contributed by atoms with E-state index in [4.69, 9.17) is 9.47 Å². The van der Waals surface area contributed by atoms with Crippen LogP contribution in [0.15, 0.2) is 24.3 Å². The minimum absolute atomic E-state index is 0.0472. The first kappa shape index (κ1) is 16.5. The Kier molecular flexibility index (Phi) is 5.15. The van der Waals surface area contributed by atoms with Gasteiger partial charge in [-0.1, -0.05) is 6.07 Å². The molecule has 2 rings (SSSR count). The van der Waals surface area contributed by atoms with Gasteiger partial charge in [0.1, 0.15) is 17.5 Å². The molecule has 1 amide bonds. The van der Waals surface area contributed by atoms with Crippen LogP contribution in [0.4, 0.5) is 13.2 Å². The molecule has 1 aromatic carbocycles. The highest BCUT2D eigenvalue weighted by atomic mass is 19.4. The van der Waals surface area contributed by atoms with E-state index in [1.807, 2.05) is 0 Å². The van der Waals surface area contributed by atoms with Gasteiger partial charge in [-0.3, -0.25) is 4.79 Å². The van der Waals surface area contributed by atoms with Gasteiger partial charge in [-0.25, -0.2) is 0 Å². The number of likely N-dealkylation sites (tertiary alicyclic amines) is 1. The third-order valence-electron chi connectivity index (χ3n) is 3.60. The summed E-state index contributed by atoms with van der Waals surface area (Å²) < 4.78 is 49.2. The van der Waals surface area contributed by atoms with Crippen LogP contribution >= 0.6 is 0 Å². The second-order valence-corrected chi connectivity index (χ2v) is 5.11. The predicted octanol–water partition coefficient (Wildman–Crippen LogP) is 3.02. The maximum atomic E-state index is 13.0. The lowest BCUT2D eigenvalue weighted by atomic mass is 10.0. The van der Waals surface area contributed by atoms with E-state index in [1.165, 1.54) is 7.11 Å². The highest BCUT2D eigenvalue weighted by Gasteiger charge is 2.46. The molecule has 1 heterocycles. The van der Waals surface area contributed by atoms with Crippen LogP contribution in [0.3, 0.4) is 0 Å². The van der Waals surface area contributed by atoms with Gasteiger partial charge in [0, 0.05) is 12.6 Å². The zero-order valence-corrected chi connectivity index (χ0v) is 12.2. The predicted molar refractivity (Wildman–Crippen MR) is 73.9 cm³/mol. The molecule has 0 aliphatic carbocycles. The molecule has 1 aliphatic rings. The molecule has 0 spiro atoms. The summed E-state index contributed by atoms with van der Waals surface area (Å²) in [5.74, 6) is 0.286. The first-order chi connectivity index (χ1) is 10.4. The highest BCUT2D eigenvalue weighted by Crippen LogP contribution is 2.32. The molecule has 1 atom stereocenters. The van der Waals surface area contributed by atoms with Crippen molar-refractivity contribution in [3.8, 4) is 11.5 Å². The van der Waals surface area contributed by atoms with Gasteiger partial charge in [-0.2, -0.15) is 13.2 Å². The number of piperidine rings is 1. The zero-order valence-electron chi connectivity index (χ0n) is 12.2. The fraction of sp³-hybridized carbons (Fsp3) is 0.533. The van der Waals surface area contributed by atoms with Crippen molar-refractivity contribution < 1.29 is 27.4 Å². The number of nitrogens with zero attached hydrogens (tertiary/aromatic N) is 1. The number of methoxy groups -OCH3 is 1. The number of benzene rings is 1. The van der Waals surface area contributed by atoms with Gasteiger partial charge in [0.2, 0.25) is 0 Å². The Morgan fingerprint density at radius 1 is 1.32 bits per heavy atom. The van der Waals surface area contributed by atoms with Gasteiger partial charge in [0.05, 0.1) is 7.11 Å².